The molecule has 2 aromatic rings. The summed E-state index contributed by atoms with van der Waals surface area (Å²) in [4.78, 5) is 34.3. The van der Waals surface area contributed by atoms with Crippen LogP contribution in [0.2, 0.25) is 0 Å². The fourth-order valence-corrected chi connectivity index (χ4v) is 4.51. The zero-order valence-electron chi connectivity index (χ0n) is 20.8. The van der Waals surface area contributed by atoms with E-state index in [9.17, 15) is 14.7 Å². The Labute approximate surface area is 207 Å². The van der Waals surface area contributed by atoms with E-state index >= 15 is 0 Å². The molecule has 1 aliphatic heterocycles. The van der Waals surface area contributed by atoms with Gasteiger partial charge >= 0.3 is 0 Å². The van der Waals surface area contributed by atoms with E-state index in [0.717, 1.165) is 30.4 Å². The quantitative estimate of drug-likeness (QED) is 0.657. The second-order valence-corrected chi connectivity index (χ2v) is 9.83. The van der Waals surface area contributed by atoms with Crippen LogP contribution in [0.25, 0.3) is 12.2 Å². The van der Waals surface area contributed by atoms with Crippen molar-refractivity contribution >= 4 is 24.0 Å². The van der Waals surface area contributed by atoms with Crippen LogP contribution in [-0.4, -0.2) is 70.6 Å². The van der Waals surface area contributed by atoms with Gasteiger partial charge in [0.15, 0.2) is 0 Å². The lowest BCUT2D eigenvalue weighted by atomic mass is 9.84. The van der Waals surface area contributed by atoms with Gasteiger partial charge in [-0.05, 0) is 37.0 Å². The Bertz CT molecular complexity index is 1070. The summed E-state index contributed by atoms with van der Waals surface area (Å²) in [5.41, 5.74) is 2.19. The second kappa shape index (κ2) is 11.0. The van der Waals surface area contributed by atoms with Crippen molar-refractivity contribution in [3.63, 3.8) is 0 Å². The van der Waals surface area contributed by atoms with Gasteiger partial charge < -0.3 is 19.6 Å². The Morgan fingerprint density at radius 3 is 2.63 bits per heavy atom. The van der Waals surface area contributed by atoms with E-state index < -0.39 is 0 Å². The van der Waals surface area contributed by atoms with E-state index in [1.165, 1.54) is 0 Å². The van der Waals surface area contributed by atoms with E-state index in [4.69, 9.17) is 4.74 Å². The summed E-state index contributed by atoms with van der Waals surface area (Å²) in [6.07, 6.45) is 8.25. The Balaban J connectivity index is 1.63. The first-order valence-corrected chi connectivity index (χ1v) is 12.4. The van der Waals surface area contributed by atoms with E-state index in [2.05, 4.69) is 4.98 Å². The number of hydrogen-bond donors (Lipinski definition) is 1. The number of aliphatic hydroxyl groups is 1. The molecule has 0 spiro atoms. The SMILES string of the molecule is C[C@H](CO)N1C[C@H](C)[C@H](CN(C)C(=O)C2CCC2)Oc2ncc(/C=C/c3ccccc3)cc2C1=O. The van der Waals surface area contributed by atoms with E-state index in [1.54, 1.807) is 22.1 Å². The largest absolute Gasteiger partial charge is 0.472 e. The van der Waals surface area contributed by atoms with Gasteiger partial charge in [-0.15, -0.1) is 0 Å². The van der Waals surface area contributed by atoms with Crippen molar-refractivity contribution in [1.82, 2.24) is 14.8 Å². The number of carbonyl (C=O) groups excluding carboxylic acids is 2. The van der Waals surface area contributed by atoms with Gasteiger partial charge in [-0.3, -0.25) is 9.59 Å². The summed E-state index contributed by atoms with van der Waals surface area (Å²) in [6.45, 7) is 4.54. The lowest BCUT2D eigenvalue weighted by Crippen LogP contribution is -2.51. The molecule has 7 heteroatoms. The Morgan fingerprint density at radius 1 is 1.26 bits per heavy atom. The number of ether oxygens (including phenoxy) is 1. The first-order valence-electron chi connectivity index (χ1n) is 12.4. The van der Waals surface area contributed by atoms with Gasteiger partial charge in [-0.1, -0.05) is 55.8 Å². The standard InChI is InChI=1S/C28H35N3O4/c1-19-16-31(20(2)18-32)28(34)24-14-22(13-12-21-8-5-4-6-9-21)15-29-26(24)35-25(19)17-30(3)27(33)23-10-7-11-23/h4-6,8-9,12-15,19-20,23,25,32H,7,10-11,16-18H2,1-3H3/b13-12+/t19-,20+,25-/m0/s1. The zero-order valence-corrected chi connectivity index (χ0v) is 20.8. The molecule has 2 heterocycles. The summed E-state index contributed by atoms with van der Waals surface area (Å²) in [5.74, 6) is 0.259. The summed E-state index contributed by atoms with van der Waals surface area (Å²) < 4.78 is 6.31. The number of hydrogen-bond acceptors (Lipinski definition) is 5. The highest BCUT2D eigenvalue weighted by atomic mass is 16.5. The van der Waals surface area contributed by atoms with Crippen LogP contribution < -0.4 is 4.74 Å². The number of likely N-dealkylation sites (N-methyl/N-ethyl adjacent to an activating group) is 1. The molecule has 1 aliphatic carbocycles. The summed E-state index contributed by atoms with van der Waals surface area (Å²) in [5, 5.41) is 9.84. The first kappa shape index (κ1) is 24.9. The first-order chi connectivity index (χ1) is 16.9. The topological polar surface area (TPSA) is 83.0 Å². The van der Waals surface area contributed by atoms with Crippen LogP contribution in [0.5, 0.6) is 5.88 Å². The van der Waals surface area contributed by atoms with Crippen LogP contribution in [0, 0.1) is 11.8 Å². The molecule has 2 aliphatic rings. The highest BCUT2D eigenvalue weighted by Crippen LogP contribution is 2.30. The Hall–Kier alpha value is -3.19. The average molecular weight is 478 g/mol. The average Bonchev–Trinajstić information content (AvgIpc) is 2.84. The zero-order chi connectivity index (χ0) is 24.9. The minimum Gasteiger partial charge on any atom is -0.472 e. The molecule has 0 bridgehead atoms. The molecule has 4 rings (SSSR count). The monoisotopic (exact) mass is 477 g/mol. The number of nitrogens with zero attached hydrogens (tertiary/aromatic N) is 3. The molecule has 186 valence electrons. The van der Waals surface area contributed by atoms with E-state index in [1.807, 2.05) is 63.4 Å². The number of aromatic nitrogens is 1. The van der Waals surface area contributed by atoms with Crippen LogP contribution in [0.3, 0.4) is 0 Å². The summed E-state index contributed by atoms with van der Waals surface area (Å²) >= 11 is 0. The van der Waals surface area contributed by atoms with Crippen LogP contribution in [0.1, 0.15) is 54.6 Å². The number of rotatable bonds is 7. The molecular formula is C28H35N3O4. The van der Waals surface area contributed by atoms with Crippen molar-refractivity contribution in [3.8, 4) is 5.88 Å². The third-order valence-corrected chi connectivity index (χ3v) is 7.09. The molecule has 1 fully saturated rings. The molecule has 0 unspecified atom stereocenters. The predicted molar refractivity (Wildman–Crippen MR) is 136 cm³/mol. The molecule has 7 nitrogen and oxygen atoms in total. The number of amides is 2. The molecule has 1 N–H and O–H groups in total. The van der Waals surface area contributed by atoms with Crippen LogP contribution in [-0.2, 0) is 4.79 Å². The summed E-state index contributed by atoms with van der Waals surface area (Å²) in [7, 11) is 1.82. The molecule has 1 aromatic heterocycles. The molecule has 1 aromatic carbocycles. The van der Waals surface area contributed by atoms with Gasteiger partial charge in [0.2, 0.25) is 11.8 Å². The van der Waals surface area contributed by atoms with Gasteiger partial charge in [0.1, 0.15) is 11.7 Å². The molecule has 2 amide bonds. The highest BCUT2D eigenvalue weighted by Gasteiger charge is 2.36. The van der Waals surface area contributed by atoms with E-state index in [0.29, 0.717) is 18.7 Å². The smallest absolute Gasteiger partial charge is 0.259 e. The van der Waals surface area contributed by atoms with Crippen molar-refractivity contribution in [2.45, 2.75) is 45.3 Å². The van der Waals surface area contributed by atoms with Crippen molar-refractivity contribution in [1.29, 1.82) is 0 Å². The van der Waals surface area contributed by atoms with Crippen molar-refractivity contribution in [2.75, 3.05) is 26.7 Å². The Kier molecular flexibility index (Phi) is 7.86. The molecular weight excluding hydrogens is 442 g/mol. The normalized spacial score (nSPS) is 21.5. The Morgan fingerprint density at radius 2 is 1.97 bits per heavy atom. The van der Waals surface area contributed by atoms with Gasteiger partial charge in [-0.2, -0.15) is 0 Å². The molecule has 1 saturated carbocycles. The lowest BCUT2D eigenvalue weighted by Gasteiger charge is -2.38. The van der Waals surface area contributed by atoms with Crippen LogP contribution in [0.4, 0.5) is 0 Å². The number of benzene rings is 1. The van der Waals surface area contributed by atoms with Gasteiger partial charge in [0.05, 0.1) is 19.2 Å². The number of aliphatic hydroxyl groups excluding tert-OH is 1. The van der Waals surface area contributed by atoms with Crippen molar-refractivity contribution in [3.05, 3.63) is 59.3 Å². The number of fused-ring (bicyclic) bond motifs is 1. The maximum Gasteiger partial charge on any atom is 0.259 e. The minimum absolute atomic E-state index is 0.0582. The van der Waals surface area contributed by atoms with Crippen LogP contribution in [0.15, 0.2) is 42.6 Å². The molecule has 0 radical (unpaired) electrons. The fourth-order valence-electron chi connectivity index (χ4n) is 4.51. The van der Waals surface area contributed by atoms with Crippen LogP contribution >= 0.6 is 0 Å². The number of pyridine rings is 1. The number of carbonyl (C=O) groups is 2. The van der Waals surface area contributed by atoms with Gasteiger partial charge in [-0.25, -0.2) is 4.98 Å². The maximum atomic E-state index is 13.5. The van der Waals surface area contributed by atoms with Gasteiger partial charge in [0, 0.05) is 31.6 Å². The highest BCUT2D eigenvalue weighted by molar-refractivity contribution is 5.97. The minimum atomic E-state index is -0.352. The van der Waals surface area contributed by atoms with E-state index in [-0.39, 0.29) is 48.3 Å². The molecule has 3 atom stereocenters. The third-order valence-electron chi connectivity index (χ3n) is 7.09. The maximum absolute atomic E-state index is 13.5. The molecule has 0 saturated heterocycles. The van der Waals surface area contributed by atoms with Gasteiger partial charge in [0.25, 0.3) is 5.91 Å². The lowest BCUT2D eigenvalue weighted by molar-refractivity contribution is -0.138. The predicted octanol–water partition coefficient (Wildman–Crippen LogP) is 3.73. The second-order valence-electron chi connectivity index (χ2n) is 9.83. The van der Waals surface area contributed by atoms with Crippen molar-refractivity contribution < 1.29 is 19.4 Å². The van der Waals surface area contributed by atoms with Crippen molar-refractivity contribution in [2.24, 2.45) is 11.8 Å². The fraction of sp³-hybridized carbons (Fsp3) is 0.464. The molecule has 35 heavy (non-hydrogen) atoms. The third kappa shape index (κ3) is 5.73. The summed E-state index contributed by atoms with van der Waals surface area (Å²) in [6, 6.07) is 11.3.